The van der Waals surface area contributed by atoms with Crippen LogP contribution >= 0.6 is 0 Å². The van der Waals surface area contributed by atoms with Gasteiger partial charge in [0, 0.05) is 0 Å². The molecule has 0 radical (unpaired) electrons. The minimum Gasteiger partial charge on any atom is -0.487 e. The first kappa shape index (κ1) is 23.1. The Kier molecular flexibility index (Phi) is 7.00. The Labute approximate surface area is 188 Å². The maximum Gasteiger partial charge on any atom is 0.335 e. The molecule has 0 aliphatic heterocycles. The maximum absolute atomic E-state index is 13.5. The summed E-state index contributed by atoms with van der Waals surface area (Å²) in [6.07, 6.45) is 0. The number of carboxylic acid groups (broad SMARTS) is 1. The molecule has 0 bridgehead atoms. The standard InChI is InChI=1S/C25H25NO5S/c1-18(2)16-26(32(29,30)22-7-5-4-6-8-22)23-15-19(3)9-14-24(23)31-17-20-10-12-21(13-11-20)25(27)28/h4-15H,1,16-17H2,2-3H3,(H,27,28). The van der Waals surface area contributed by atoms with Crippen LogP contribution in [0.5, 0.6) is 5.75 Å². The first-order chi connectivity index (χ1) is 15.2. The van der Waals surface area contributed by atoms with Gasteiger partial charge in [0.05, 0.1) is 22.7 Å². The van der Waals surface area contributed by atoms with Gasteiger partial charge >= 0.3 is 5.97 Å². The Hall–Kier alpha value is -3.58. The highest BCUT2D eigenvalue weighted by molar-refractivity contribution is 7.92. The molecule has 0 saturated carbocycles. The van der Waals surface area contributed by atoms with Crippen molar-refractivity contribution in [2.24, 2.45) is 0 Å². The highest BCUT2D eigenvalue weighted by Gasteiger charge is 2.27. The lowest BCUT2D eigenvalue weighted by Gasteiger charge is -2.27. The molecular weight excluding hydrogens is 426 g/mol. The summed E-state index contributed by atoms with van der Waals surface area (Å²) in [5.41, 5.74) is 2.93. The van der Waals surface area contributed by atoms with E-state index >= 15 is 0 Å². The monoisotopic (exact) mass is 451 g/mol. The van der Waals surface area contributed by atoms with Gasteiger partial charge in [0.2, 0.25) is 0 Å². The van der Waals surface area contributed by atoms with Crippen molar-refractivity contribution >= 4 is 21.7 Å². The van der Waals surface area contributed by atoms with Crippen LogP contribution in [0.3, 0.4) is 0 Å². The van der Waals surface area contributed by atoms with E-state index < -0.39 is 16.0 Å². The van der Waals surface area contributed by atoms with E-state index in [2.05, 4.69) is 6.58 Å². The fourth-order valence-electron chi connectivity index (χ4n) is 3.11. The fourth-order valence-corrected chi connectivity index (χ4v) is 4.66. The van der Waals surface area contributed by atoms with Gasteiger partial charge in [0.25, 0.3) is 10.0 Å². The molecule has 3 aromatic rings. The number of aryl methyl sites for hydroxylation is 1. The molecule has 32 heavy (non-hydrogen) atoms. The van der Waals surface area contributed by atoms with Gasteiger partial charge in [-0.25, -0.2) is 13.2 Å². The number of rotatable bonds is 9. The number of ether oxygens (including phenoxy) is 1. The van der Waals surface area contributed by atoms with Crippen molar-refractivity contribution in [2.75, 3.05) is 10.8 Å². The first-order valence-electron chi connectivity index (χ1n) is 9.96. The second kappa shape index (κ2) is 9.70. The lowest BCUT2D eigenvalue weighted by molar-refractivity contribution is 0.0697. The van der Waals surface area contributed by atoms with Crippen molar-refractivity contribution < 1.29 is 23.1 Å². The summed E-state index contributed by atoms with van der Waals surface area (Å²) in [7, 11) is -3.86. The third-order valence-corrected chi connectivity index (χ3v) is 6.50. The number of carbonyl (C=O) groups is 1. The molecule has 3 aromatic carbocycles. The van der Waals surface area contributed by atoms with Crippen LogP contribution in [0.1, 0.15) is 28.4 Å². The molecule has 0 heterocycles. The molecule has 7 heteroatoms. The smallest absolute Gasteiger partial charge is 0.335 e. The normalized spacial score (nSPS) is 11.1. The van der Waals surface area contributed by atoms with Crippen molar-refractivity contribution in [1.29, 1.82) is 0 Å². The molecular formula is C25H25NO5S. The number of nitrogens with zero attached hydrogens (tertiary/aromatic N) is 1. The van der Waals surface area contributed by atoms with Gasteiger partial charge in [-0.1, -0.05) is 48.6 Å². The number of anilines is 1. The Bertz CT molecular complexity index is 1220. The van der Waals surface area contributed by atoms with Gasteiger partial charge in [0.1, 0.15) is 12.4 Å². The van der Waals surface area contributed by atoms with Gasteiger partial charge in [-0.3, -0.25) is 4.31 Å². The summed E-state index contributed by atoms with van der Waals surface area (Å²) >= 11 is 0. The number of hydrogen-bond acceptors (Lipinski definition) is 4. The molecule has 0 aliphatic carbocycles. The second-order valence-electron chi connectivity index (χ2n) is 7.54. The van der Waals surface area contributed by atoms with Gasteiger partial charge in [-0.15, -0.1) is 0 Å². The topological polar surface area (TPSA) is 83.9 Å². The maximum atomic E-state index is 13.5. The molecule has 166 valence electrons. The quantitative estimate of drug-likeness (QED) is 0.461. The average Bonchev–Trinajstić information content (AvgIpc) is 2.77. The summed E-state index contributed by atoms with van der Waals surface area (Å²) in [5.74, 6) is -0.599. The van der Waals surface area contributed by atoms with Crippen molar-refractivity contribution in [3.05, 3.63) is 102 Å². The third kappa shape index (κ3) is 5.36. The fraction of sp³-hybridized carbons (Fsp3) is 0.160. The Morgan fingerprint density at radius 3 is 2.28 bits per heavy atom. The Balaban J connectivity index is 1.97. The lowest BCUT2D eigenvalue weighted by atomic mass is 10.1. The van der Waals surface area contributed by atoms with Crippen LogP contribution in [-0.4, -0.2) is 26.0 Å². The van der Waals surface area contributed by atoms with E-state index in [1.807, 2.05) is 13.0 Å². The summed E-state index contributed by atoms with van der Waals surface area (Å²) in [6.45, 7) is 7.81. The minimum absolute atomic E-state index is 0.102. The van der Waals surface area contributed by atoms with E-state index in [9.17, 15) is 13.2 Å². The minimum atomic E-state index is -3.86. The zero-order valence-corrected chi connectivity index (χ0v) is 18.8. The van der Waals surface area contributed by atoms with Crippen molar-refractivity contribution in [2.45, 2.75) is 25.3 Å². The van der Waals surface area contributed by atoms with Gasteiger partial charge < -0.3 is 9.84 Å². The Morgan fingerprint density at radius 1 is 1.03 bits per heavy atom. The highest BCUT2D eigenvalue weighted by Crippen LogP contribution is 2.34. The molecule has 1 N–H and O–H groups in total. The lowest BCUT2D eigenvalue weighted by Crippen LogP contribution is -2.33. The number of aromatic carboxylic acids is 1. The predicted octanol–water partition coefficient (Wildman–Crippen LogP) is 5.04. The number of hydrogen-bond donors (Lipinski definition) is 1. The number of benzene rings is 3. The summed E-state index contributed by atoms with van der Waals surface area (Å²) in [5, 5.41) is 9.05. The van der Waals surface area contributed by atoms with Crippen LogP contribution in [0.15, 0.2) is 89.8 Å². The molecule has 0 atom stereocenters. The van der Waals surface area contributed by atoms with Crippen molar-refractivity contribution in [1.82, 2.24) is 0 Å². The predicted molar refractivity (Wildman–Crippen MR) is 125 cm³/mol. The van der Waals surface area contributed by atoms with Crippen LogP contribution in [0, 0.1) is 6.92 Å². The third-order valence-electron chi connectivity index (χ3n) is 4.72. The molecule has 6 nitrogen and oxygen atoms in total. The molecule has 0 aromatic heterocycles. The molecule has 3 rings (SSSR count). The zero-order chi connectivity index (χ0) is 23.3. The van der Waals surface area contributed by atoms with Gasteiger partial charge in [0.15, 0.2) is 0 Å². The summed E-state index contributed by atoms with van der Waals surface area (Å²) in [6, 6.07) is 19.9. The van der Waals surface area contributed by atoms with Crippen LogP contribution in [0.2, 0.25) is 0 Å². The van der Waals surface area contributed by atoms with Gasteiger partial charge in [-0.05, 0) is 61.4 Å². The van der Waals surface area contributed by atoms with E-state index in [0.29, 0.717) is 17.0 Å². The highest BCUT2D eigenvalue weighted by atomic mass is 32.2. The van der Waals surface area contributed by atoms with E-state index in [1.165, 1.54) is 16.4 Å². The number of sulfonamides is 1. The van der Waals surface area contributed by atoms with Crippen LogP contribution in [0.4, 0.5) is 5.69 Å². The molecule has 0 amide bonds. The molecule has 0 aliphatic rings. The SMILES string of the molecule is C=C(C)CN(c1cc(C)ccc1OCc1ccc(C(=O)O)cc1)S(=O)(=O)c1ccccc1. The van der Waals surface area contributed by atoms with Crippen molar-refractivity contribution in [3.63, 3.8) is 0 Å². The van der Waals surface area contributed by atoms with Crippen LogP contribution in [0.25, 0.3) is 0 Å². The van der Waals surface area contributed by atoms with E-state index in [-0.39, 0.29) is 23.6 Å². The van der Waals surface area contributed by atoms with Gasteiger partial charge in [-0.2, -0.15) is 0 Å². The second-order valence-corrected chi connectivity index (χ2v) is 9.41. The average molecular weight is 452 g/mol. The molecule has 0 saturated heterocycles. The van der Waals surface area contributed by atoms with Crippen LogP contribution in [-0.2, 0) is 16.6 Å². The van der Waals surface area contributed by atoms with Crippen molar-refractivity contribution in [3.8, 4) is 5.75 Å². The van der Waals surface area contributed by atoms with Crippen LogP contribution < -0.4 is 9.04 Å². The summed E-state index contributed by atoms with van der Waals surface area (Å²) < 4.78 is 34.3. The largest absolute Gasteiger partial charge is 0.487 e. The van der Waals surface area contributed by atoms with E-state index in [4.69, 9.17) is 9.84 Å². The molecule has 0 unspecified atom stereocenters. The summed E-state index contributed by atoms with van der Waals surface area (Å²) in [4.78, 5) is 11.2. The first-order valence-corrected chi connectivity index (χ1v) is 11.4. The number of carboxylic acids is 1. The van der Waals surface area contributed by atoms with E-state index in [0.717, 1.165) is 11.1 Å². The zero-order valence-electron chi connectivity index (χ0n) is 18.0. The Morgan fingerprint density at radius 2 is 1.69 bits per heavy atom. The molecule has 0 spiro atoms. The molecule has 0 fully saturated rings. The van der Waals surface area contributed by atoms with E-state index in [1.54, 1.807) is 61.5 Å².